The quantitative estimate of drug-likeness (QED) is 0.538. The van der Waals surface area contributed by atoms with E-state index in [9.17, 15) is 8.42 Å². The van der Waals surface area contributed by atoms with E-state index in [0.717, 1.165) is 21.4 Å². The SMILES string of the molecule is CN1CCOc2ccc(S(=O)(=O)Nc3ccc(CCl)cc3I)cc21. The van der Waals surface area contributed by atoms with E-state index >= 15 is 0 Å². The third-order valence-electron chi connectivity index (χ3n) is 3.77. The van der Waals surface area contributed by atoms with Crippen molar-refractivity contribution in [1.82, 2.24) is 0 Å². The van der Waals surface area contributed by atoms with Crippen LogP contribution in [0.4, 0.5) is 11.4 Å². The van der Waals surface area contributed by atoms with Gasteiger partial charge in [0, 0.05) is 16.5 Å². The molecule has 1 heterocycles. The molecule has 8 heteroatoms. The molecule has 2 aromatic carbocycles. The van der Waals surface area contributed by atoms with E-state index < -0.39 is 10.0 Å². The molecule has 0 fully saturated rings. The zero-order valence-corrected chi connectivity index (χ0v) is 16.7. The van der Waals surface area contributed by atoms with Crippen LogP contribution in [0.5, 0.6) is 5.75 Å². The van der Waals surface area contributed by atoms with E-state index in [1.165, 1.54) is 0 Å². The molecule has 0 atom stereocenters. The Kier molecular flexibility index (Phi) is 5.12. The number of benzene rings is 2. The minimum Gasteiger partial charge on any atom is -0.490 e. The number of halogens is 2. The highest BCUT2D eigenvalue weighted by atomic mass is 127. The van der Waals surface area contributed by atoms with Crippen LogP contribution in [0.25, 0.3) is 0 Å². The summed E-state index contributed by atoms with van der Waals surface area (Å²) in [6.45, 7) is 1.32. The number of sulfonamides is 1. The standard InChI is InChI=1S/C16H16ClIN2O3S/c1-20-6-7-23-16-5-3-12(9-15(16)20)24(21,22)19-14-4-2-11(10-17)8-13(14)18/h2-5,8-9,19H,6-7,10H2,1H3. The lowest BCUT2D eigenvalue weighted by molar-refractivity contribution is 0.311. The molecule has 1 aliphatic heterocycles. The summed E-state index contributed by atoms with van der Waals surface area (Å²) in [6.07, 6.45) is 0. The topological polar surface area (TPSA) is 58.6 Å². The van der Waals surface area contributed by atoms with Gasteiger partial charge in [-0.05, 0) is 58.5 Å². The van der Waals surface area contributed by atoms with Gasteiger partial charge in [0.05, 0.1) is 22.8 Å². The first-order valence-corrected chi connectivity index (χ1v) is 10.4. The molecule has 0 aliphatic carbocycles. The number of fused-ring (bicyclic) bond motifs is 1. The summed E-state index contributed by atoms with van der Waals surface area (Å²) in [5.41, 5.74) is 2.25. The maximum absolute atomic E-state index is 12.7. The zero-order valence-electron chi connectivity index (χ0n) is 12.9. The largest absolute Gasteiger partial charge is 0.490 e. The van der Waals surface area contributed by atoms with Crippen molar-refractivity contribution in [3.8, 4) is 5.75 Å². The Morgan fingerprint density at radius 3 is 2.79 bits per heavy atom. The molecule has 128 valence electrons. The van der Waals surface area contributed by atoms with E-state index in [0.29, 0.717) is 23.9 Å². The highest BCUT2D eigenvalue weighted by Gasteiger charge is 2.21. The number of nitrogens with one attached hydrogen (secondary N) is 1. The van der Waals surface area contributed by atoms with Crippen molar-refractivity contribution in [3.05, 3.63) is 45.5 Å². The molecule has 0 unspecified atom stereocenters. The van der Waals surface area contributed by atoms with Gasteiger partial charge < -0.3 is 9.64 Å². The molecule has 0 saturated heterocycles. The van der Waals surface area contributed by atoms with Crippen molar-refractivity contribution in [2.75, 3.05) is 29.8 Å². The van der Waals surface area contributed by atoms with E-state index in [2.05, 4.69) is 27.3 Å². The first-order valence-electron chi connectivity index (χ1n) is 7.26. The summed E-state index contributed by atoms with van der Waals surface area (Å²) >= 11 is 7.90. The molecular formula is C16H16ClIN2O3S. The molecule has 24 heavy (non-hydrogen) atoms. The maximum atomic E-state index is 12.7. The molecule has 0 radical (unpaired) electrons. The predicted molar refractivity (Wildman–Crippen MR) is 105 cm³/mol. The second-order valence-corrected chi connectivity index (χ2v) is 8.56. The van der Waals surface area contributed by atoms with Crippen molar-refractivity contribution in [1.29, 1.82) is 0 Å². The van der Waals surface area contributed by atoms with Gasteiger partial charge in [-0.25, -0.2) is 8.42 Å². The van der Waals surface area contributed by atoms with Gasteiger partial charge in [0.25, 0.3) is 10.0 Å². The number of rotatable bonds is 4. The van der Waals surface area contributed by atoms with Crippen molar-refractivity contribution in [2.24, 2.45) is 0 Å². The second-order valence-electron chi connectivity index (χ2n) is 5.45. The van der Waals surface area contributed by atoms with Crippen LogP contribution >= 0.6 is 34.2 Å². The Bertz CT molecular complexity index is 874. The van der Waals surface area contributed by atoms with Crippen LogP contribution in [-0.2, 0) is 15.9 Å². The number of ether oxygens (including phenoxy) is 1. The summed E-state index contributed by atoms with van der Waals surface area (Å²) in [4.78, 5) is 2.19. The highest BCUT2D eigenvalue weighted by molar-refractivity contribution is 14.1. The second kappa shape index (κ2) is 6.97. The Balaban J connectivity index is 1.92. The van der Waals surface area contributed by atoms with Gasteiger partial charge in [0.2, 0.25) is 0 Å². The molecule has 0 saturated carbocycles. The van der Waals surface area contributed by atoms with Crippen molar-refractivity contribution < 1.29 is 13.2 Å². The number of nitrogens with zero attached hydrogens (tertiary/aromatic N) is 1. The number of alkyl halides is 1. The third-order valence-corrected chi connectivity index (χ3v) is 6.33. The van der Waals surface area contributed by atoms with Crippen molar-refractivity contribution in [2.45, 2.75) is 10.8 Å². The smallest absolute Gasteiger partial charge is 0.262 e. The lowest BCUT2D eigenvalue weighted by Gasteiger charge is -2.28. The van der Waals surface area contributed by atoms with E-state index in [1.54, 1.807) is 24.3 Å². The van der Waals surface area contributed by atoms with Crippen LogP contribution in [-0.4, -0.2) is 28.6 Å². The highest BCUT2D eigenvalue weighted by Crippen LogP contribution is 2.33. The summed E-state index contributed by atoms with van der Waals surface area (Å²) < 4.78 is 34.4. The fourth-order valence-corrected chi connectivity index (χ4v) is 4.59. The van der Waals surface area contributed by atoms with Gasteiger partial charge in [0.1, 0.15) is 12.4 Å². The zero-order chi connectivity index (χ0) is 17.3. The summed E-state index contributed by atoms with van der Waals surface area (Å²) in [7, 11) is -1.77. The summed E-state index contributed by atoms with van der Waals surface area (Å²) in [5, 5.41) is 0. The maximum Gasteiger partial charge on any atom is 0.262 e. The van der Waals surface area contributed by atoms with Crippen LogP contribution in [0.1, 0.15) is 5.56 Å². The van der Waals surface area contributed by atoms with Crippen LogP contribution < -0.4 is 14.4 Å². The van der Waals surface area contributed by atoms with Crippen molar-refractivity contribution in [3.63, 3.8) is 0 Å². The Labute approximate surface area is 160 Å². The molecule has 0 bridgehead atoms. The predicted octanol–water partition coefficient (Wildman–Crippen LogP) is 3.66. The fraction of sp³-hybridized carbons (Fsp3) is 0.250. The fourth-order valence-electron chi connectivity index (χ4n) is 2.43. The van der Waals surface area contributed by atoms with Gasteiger partial charge in [-0.1, -0.05) is 6.07 Å². The average Bonchev–Trinajstić information content (AvgIpc) is 2.56. The Morgan fingerprint density at radius 1 is 1.29 bits per heavy atom. The van der Waals surface area contributed by atoms with Gasteiger partial charge in [-0.2, -0.15) is 0 Å². The van der Waals surface area contributed by atoms with E-state index in [-0.39, 0.29) is 4.90 Å². The summed E-state index contributed by atoms with van der Waals surface area (Å²) in [5.74, 6) is 1.09. The number of likely N-dealkylation sites (N-methyl/N-ethyl adjacent to an activating group) is 1. The lowest BCUT2D eigenvalue weighted by atomic mass is 10.2. The van der Waals surface area contributed by atoms with Gasteiger partial charge in [-0.15, -0.1) is 11.6 Å². The van der Waals surface area contributed by atoms with Crippen LogP contribution in [0, 0.1) is 3.57 Å². The first kappa shape index (κ1) is 17.6. The lowest BCUT2D eigenvalue weighted by Crippen LogP contribution is -2.29. The monoisotopic (exact) mass is 478 g/mol. The average molecular weight is 479 g/mol. The molecular weight excluding hydrogens is 463 g/mol. The number of hydrogen-bond donors (Lipinski definition) is 1. The first-order chi connectivity index (χ1) is 11.4. The van der Waals surface area contributed by atoms with Crippen molar-refractivity contribution >= 4 is 55.6 Å². The van der Waals surface area contributed by atoms with Crippen LogP contribution in [0.2, 0.25) is 0 Å². The molecule has 0 spiro atoms. The third kappa shape index (κ3) is 3.57. The minimum absolute atomic E-state index is 0.204. The molecule has 1 N–H and O–H groups in total. The normalized spacial score (nSPS) is 14.0. The molecule has 5 nitrogen and oxygen atoms in total. The van der Waals surface area contributed by atoms with Gasteiger partial charge >= 0.3 is 0 Å². The van der Waals surface area contributed by atoms with Gasteiger partial charge in [0.15, 0.2) is 0 Å². The number of anilines is 2. The molecule has 0 aromatic heterocycles. The minimum atomic E-state index is -3.68. The Hall–Kier alpha value is -1.19. The molecule has 1 aliphatic rings. The number of hydrogen-bond acceptors (Lipinski definition) is 4. The summed E-state index contributed by atoms with van der Waals surface area (Å²) in [6, 6.07) is 10.3. The van der Waals surface area contributed by atoms with E-state index in [1.807, 2.05) is 24.1 Å². The molecule has 0 amide bonds. The van der Waals surface area contributed by atoms with Crippen LogP contribution in [0.15, 0.2) is 41.3 Å². The van der Waals surface area contributed by atoms with Gasteiger partial charge in [-0.3, -0.25) is 4.72 Å². The van der Waals surface area contributed by atoms with E-state index in [4.69, 9.17) is 16.3 Å². The molecule has 3 rings (SSSR count). The Morgan fingerprint density at radius 2 is 2.08 bits per heavy atom. The van der Waals surface area contributed by atoms with Crippen LogP contribution in [0.3, 0.4) is 0 Å². The molecule has 2 aromatic rings.